The number of hydrogen-bond donors (Lipinski definition) is 0. The third-order valence-electron chi connectivity index (χ3n) is 8.43. The van der Waals surface area contributed by atoms with Crippen molar-refractivity contribution in [3.05, 3.63) is 58.9 Å². The first-order chi connectivity index (χ1) is 21.8. The number of alkyl halides is 3. The van der Waals surface area contributed by atoms with Crippen LogP contribution >= 0.6 is 12.2 Å². The normalized spacial score (nSPS) is 19.1. The zero-order valence-electron chi connectivity index (χ0n) is 26.5. The summed E-state index contributed by atoms with van der Waals surface area (Å²) in [6.07, 6.45) is -5.21. The van der Waals surface area contributed by atoms with Crippen LogP contribution in [-0.2, 0) is 15.7 Å². The van der Waals surface area contributed by atoms with Gasteiger partial charge in [0, 0.05) is 51.0 Å². The van der Waals surface area contributed by atoms with Crippen LogP contribution in [0.4, 0.5) is 33.7 Å². The molecule has 2 aromatic carbocycles. The van der Waals surface area contributed by atoms with Gasteiger partial charge in [-0.1, -0.05) is 0 Å². The number of likely N-dealkylation sites (tertiary alicyclic amines) is 1. The molecule has 15 heteroatoms. The minimum absolute atomic E-state index is 0.138. The molecule has 0 aromatic heterocycles. The van der Waals surface area contributed by atoms with Crippen LogP contribution in [0.2, 0.25) is 0 Å². The molecule has 0 saturated carbocycles. The van der Waals surface area contributed by atoms with Crippen LogP contribution in [-0.4, -0.2) is 94.2 Å². The molecule has 3 amide bonds. The summed E-state index contributed by atoms with van der Waals surface area (Å²) < 4.78 is 61.9. The number of anilines is 2. The maximum absolute atomic E-state index is 15.5. The maximum Gasteiger partial charge on any atom is 0.417 e. The van der Waals surface area contributed by atoms with Gasteiger partial charge in [-0.15, -0.1) is 0 Å². The lowest BCUT2D eigenvalue weighted by molar-refractivity contribution is -0.137. The van der Waals surface area contributed by atoms with E-state index in [1.165, 1.54) is 43.0 Å². The van der Waals surface area contributed by atoms with Gasteiger partial charge in [-0.3, -0.25) is 19.4 Å². The number of rotatable bonds is 4. The zero-order valence-corrected chi connectivity index (χ0v) is 27.3. The predicted octanol–water partition coefficient (Wildman–Crippen LogP) is 5.01. The molecular weight excluding hydrogens is 640 g/mol. The molecule has 3 fully saturated rings. The van der Waals surface area contributed by atoms with Gasteiger partial charge in [0.2, 0.25) is 0 Å². The summed E-state index contributed by atoms with van der Waals surface area (Å²) in [5.74, 6) is -2.00. The number of carbonyl (C=O) groups excluding carboxylic acids is 3. The highest BCUT2D eigenvalue weighted by molar-refractivity contribution is 7.81. The Bertz CT molecular complexity index is 1670. The van der Waals surface area contributed by atoms with E-state index in [4.69, 9.17) is 22.2 Å². The SMILES string of the molecule is CC(C)(C)OC(=O)N1CC(N2CCN(C(=O)c3ccc(N4C(=S)N(c5ccc(C#N)c(C(F)(F)F)c5)C(=O)C4(C)C)cc3F)CC2)C1. The maximum atomic E-state index is 15.5. The molecule has 0 aliphatic carbocycles. The van der Waals surface area contributed by atoms with Crippen molar-refractivity contribution in [3.63, 3.8) is 0 Å². The highest BCUT2D eigenvalue weighted by atomic mass is 32.1. The fourth-order valence-electron chi connectivity index (χ4n) is 5.90. The molecule has 2 aromatic rings. The first-order valence-corrected chi connectivity index (χ1v) is 15.3. The molecule has 0 spiro atoms. The largest absolute Gasteiger partial charge is 0.444 e. The third-order valence-corrected chi connectivity index (χ3v) is 8.79. The number of piperazine rings is 1. The molecule has 3 aliphatic rings. The minimum Gasteiger partial charge on any atom is -0.444 e. The fraction of sp³-hybridized carbons (Fsp3) is 0.469. The number of thiocarbonyl (C=S) groups is 1. The van der Waals surface area contributed by atoms with Gasteiger partial charge in [-0.25, -0.2) is 9.18 Å². The van der Waals surface area contributed by atoms with Gasteiger partial charge in [0.15, 0.2) is 5.11 Å². The van der Waals surface area contributed by atoms with Crippen LogP contribution in [0.25, 0.3) is 0 Å². The molecule has 0 bridgehead atoms. The van der Waals surface area contributed by atoms with Crippen LogP contribution in [0.5, 0.6) is 0 Å². The summed E-state index contributed by atoms with van der Waals surface area (Å²) in [5.41, 5.74) is -4.03. The Morgan fingerprint density at radius 3 is 2.15 bits per heavy atom. The number of ether oxygens (including phenoxy) is 1. The number of benzene rings is 2. The molecule has 0 unspecified atom stereocenters. The summed E-state index contributed by atoms with van der Waals surface area (Å²) >= 11 is 5.53. The number of nitrogens with zero attached hydrogens (tertiary/aromatic N) is 6. The zero-order chi connectivity index (χ0) is 34.6. The van der Waals surface area contributed by atoms with E-state index in [1.54, 1.807) is 9.80 Å². The van der Waals surface area contributed by atoms with Crippen molar-refractivity contribution in [2.75, 3.05) is 49.1 Å². The van der Waals surface area contributed by atoms with Gasteiger partial charge in [0.1, 0.15) is 17.0 Å². The van der Waals surface area contributed by atoms with E-state index >= 15 is 4.39 Å². The van der Waals surface area contributed by atoms with Crippen LogP contribution in [0, 0.1) is 17.1 Å². The Balaban J connectivity index is 1.26. The van der Waals surface area contributed by atoms with E-state index in [1.807, 2.05) is 20.8 Å². The summed E-state index contributed by atoms with van der Waals surface area (Å²) in [4.78, 5) is 46.7. The number of nitriles is 1. The molecule has 3 saturated heterocycles. The number of hydrogen-bond acceptors (Lipinski definition) is 7. The standard InChI is InChI=1S/C32H34F4N6O4S/c1-30(2,3)46-29(45)40-17-22(18-40)38-10-12-39(13-11-38)26(43)23-9-8-21(15-25(23)33)42-28(47)41(27(44)31(42,4)5)20-7-6-19(16-37)24(14-20)32(34,35)36/h6-9,14-15,22H,10-13,17-18H2,1-5H3. The molecule has 0 radical (unpaired) electrons. The van der Waals surface area contributed by atoms with Crippen LogP contribution in [0.3, 0.4) is 0 Å². The monoisotopic (exact) mass is 674 g/mol. The first-order valence-electron chi connectivity index (χ1n) is 14.9. The molecule has 0 atom stereocenters. The molecule has 250 valence electrons. The van der Waals surface area contributed by atoms with Gasteiger partial charge in [-0.05, 0) is 83.2 Å². The second-order valence-electron chi connectivity index (χ2n) is 13.2. The van der Waals surface area contributed by atoms with E-state index in [0.717, 1.165) is 17.0 Å². The van der Waals surface area contributed by atoms with Crippen molar-refractivity contribution >= 4 is 46.6 Å². The highest BCUT2D eigenvalue weighted by Crippen LogP contribution is 2.40. The number of carbonyl (C=O) groups is 3. The van der Waals surface area contributed by atoms with E-state index in [9.17, 15) is 27.6 Å². The van der Waals surface area contributed by atoms with Crippen LogP contribution in [0.15, 0.2) is 36.4 Å². The van der Waals surface area contributed by atoms with Crippen molar-refractivity contribution in [2.24, 2.45) is 0 Å². The summed E-state index contributed by atoms with van der Waals surface area (Å²) in [7, 11) is 0. The minimum atomic E-state index is -4.85. The van der Waals surface area contributed by atoms with E-state index < -0.39 is 46.1 Å². The van der Waals surface area contributed by atoms with Crippen molar-refractivity contribution in [1.82, 2.24) is 14.7 Å². The number of halogens is 4. The summed E-state index contributed by atoms with van der Waals surface area (Å²) in [5, 5.41) is 8.96. The quantitative estimate of drug-likeness (QED) is 0.330. The Hall–Kier alpha value is -4.29. The van der Waals surface area contributed by atoms with Gasteiger partial charge >= 0.3 is 12.3 Å². The smallest absolute Gasteiger partial charge is 0.417 e. The third kappa shape index (κ3) is 6.48. The molecule has 3 aliphatic heterocycles. The van der Waals surface area contributed by atoms with Gasteiger partial charge in [0.25, 0.3) is 11.8 Å². The van der Waals surface area contributed by atoms with Gasteiger partial charge in [-0.2, -0.15) is 18.4 Å². The average Bonchev–Trinajstić information content (AvgIpc) is 3.13. The molecular formula is C32H34F4N6O4S. The van der Waals surface area contributed by atoms with Crippen molar-refractivity contribution in [3.8, 4) is 6.07 Å². The topological polar surface area (TPSA) is 100 Å². The summed E-state index contributed by atoms with van der Waals surface area (Å²) in [6.45, 7) is 11.3. The molecule has 47 heavy (non-hydrogen) atoms. The first kappa shape index (κ1) is 34.1. The second-order valence-corrected chi connectivity index (χ2v) is 13.6. The fourth-order valence-corrected chi connectivity index (χ4v) is 6.42. The van der Waals surface area contributed by atoms with Gasteiger partial charge < -0.3 is 19.4 Å². The second kappa shape index (κ2) is 12.1. The number of amides is 3. The summed E-state index contributed by atoms with van der Waals surface area (Å²) in [6, 6.07) is 8.32. The molecule has 10 nitrogen and oxygen atoms in total. The Kier molecular flexibility index (Phi) is 8.74. The Labute approximate surface area is 275 Å². The van der Waals surface area contributed by atoms with Crippen LogP contribution in [0.1, 0.15) is 56.1 Å². The van der Waals surface area contributed by atoms with Crippen molar-refractivity contribution in [1.29, 1.82) is 5.26 Å². The Morgan fingerprint density at radius 2 is 1.60 bits per heavy atom. The lowest BCUT2D eigenvalue weighted by Crippen LogP contribution is -2.64. The lowest BCUT2D eigenvalue weighted by Gasteiger charge is -2.48. The molecule has 0 N–H and O–H groups in total. The molecule has 3 heterocycles. The van der Waals surface area contributed by atoms with E-state index in [2.05, 4.69) is 4.90 Å². The van der Waals surface area contributed by atoms with Crippen molar-refractivity contribution in [2.45, 2.75) is 58.0 Å². The van der Waals surface area contributed by atoms with E-state index in [-0.39, 0.29) is 34.2 Å². The van der Waals surface area contributed by atoms with Crippen LogP contribution < -0.4 is 9.80 Å². The predicted molar refractivity (Wildman–Crippen MR) is 168 cm³/mol. The molecule has 5 rings (SSSR count). The highest BCUT2D eigenvalue weighted by Gasteiger charge is 2.51. The average molecular weight is 675 g/mol. The van der Waals surface area contributed by atoms with E-state index in [0.29, 0.717) is 45.3 Å². The lowest BCUT2D eigenvalue weighted by atomic mass is 10.0. The van der Waals surface area contributed by atoms with Gasteiger partial charge in [0.05, 0.1) is 28.4 Å². The Morgan fingerprint density at radius 1 is 0.979 bits per heavy atom. The van der Waals surface area contributed by atoms with Crippen molar-refractivity contribution < 1.29 is 36.7 Å².